The average molecular weight is 264 g/mol. The van der Waals surface area contributed by atoms with Gasteiger partial charge in [-0.15, -0.1) is 0 Å². The Balaban J connectivity index is 2.72. The van der Waals surface area contributed by atoms with Gasteiger partial charge in [0.25, 0.3) is 0 Å². The zero-order valence-corrected chi connectivity index (χ0v) is 11.2. The maximum atomic E-state index is 6.03. The summed E-state index contributed by atoms with van der Waals surface area (Å²) in [6.45, 7) is 3.68. The first-order valence-corrected chi connectivity index (χ1v) is 5.85. The normalized spacial score (nSPS) is 10.4. The predicted octanol–water partition coefficient (Wildman–Crippen LogP) is 3.00. The van der Waals surface area contributed by atoms with Gasteiger partial charge in [0.05, 0.1) is 12.8 Å². The van der Waals surface area contributed by atoms with Gasteiger partial charge in [-0.05, 0) is 32.0 Å². The summed E-state index contributed by atoms with van der Waals surface area (Å²) in [7, 11) is 1.61. The standard InChI is InChI=1S/C13H14ClN3O/c1-7-12(16-8(2)17-13(7)15)10-6-9(14)4-5-11(10)18-3/h4-6H,1-3H3,(H2,15,16,17). The molecule has 2 N–H and O–H groups in total. The van der Waals surface area contributed by atoms with E-state index in [4.69, 9.17) is 22.1 Å². The zero-order chi connectivity index (χ0) is 13.3. The summed E-state index contributed by atoms with van der Waals surface area (Å²) in [4.78, 5) is 8.55. The number of anilines is 1. The highest BCUT2D eigenvalue weighted by atomic mass is 35.5. The molecule has 1 aromatic carbocycles. The van der Waals surface area contributed by atoms with Crippen LogP contribution in [0.25, 0.3) is 11.3 Å². The van der Waals surface area contributed by atoms with E-state index in [2.05, 4.69) is 9.97 Å². The van der Waals surface area contributed by atoms with Gasteiger partial charge < -0.3 is 10.5 Å². The third-order valence-electron chi connectivity index (χ3n) is 2.71. The Labute approximate surface area is 111 Å². The maximum absolute atomic E-state index is 6.03. The summed E-state index contributed by atoms with van der Waals surface area (Å²) in [5, 5.41) is 0.625. The second-order valence-electron chi connectivity index (χ2n) is 3.97. The molecule has 4 nitrogen and oxygen atoms in total. The monoisotopic (exact) mass is 263 g/mol. The van der Waals surface area contributed by atoms with Crippen LogP contribution >= 0.6 is 11.6 Å². The van der Waals surface area contributed by atoms with E-state index in [1.54, 1.807) is 20.1 Å². The van der Waals surface area contributed by atoms with Gasteiger partial charge in [0.2, 0.25) is 0 Å². The fourth-order valence-corrected chi connectivity index (χ4v) is 1.95. The number of nitrogens with zero attached hydrogens (tertiary/aromatic N) is 2. The summed E-state index contributed by atoms with van der Waals surface area (Å²) in [6, 6.07) is 5.40. The van der Waals surface area contributed by atoms with Crippen LogP contribution in [0.2, 0.25) is 5.02 Å². The second-order valence-corrected chi connectivity index (χ2v) is 4.41. The third-order valence-corrected chi connectivity index (χ3v) is 2.95. The van der Waals surface area contributed by atoms with Gasteiger partial charge in [-0.2, -0.15) is 0 Å². The molecule has 5 heteroatoms. The van der Waals surface area contributed by atoms with E-state index < -0.39 is 0 Å². The van der Waals surface area contributed by atoms with Crippen molar-refractivity contribution in [3.05, 3.63) is 34.6 Å². The summed E-state index contributed by atoms with van der Waals surface area (Å²) in [5.41, 5.74) is 8.25. The number of benzene rings is 1. The molecule has 0 aliphatic heterocycles. The quantitative estimate of drug-likeness (QED) is 0.905. The number of hydrogen-bond acceptors (Lipinski definition) is 4. The minimum Gasteiger partial charge on any atom is -0.496 e. The van der Waals surface area contributed by atoms with E-state index in [0.717, 1.165) is 16.8 Å². The predicted molar refractivity (Wildman–Crippen MR) is 72.9 cm³/mol. The molecule has 18 heavy (non-hydrogen) atoms. The maximum Gasteiger partial charge on any atom is 0.130 e. The molecule has 0 radical (unpaired) electrons. The smallest absolute Gasteiger partial charge is 0.130 e. The number of nitrogens with two attached hydrogens (primary N) is 1. The molecule has 0 unspecified atom stereocenters. The summed E-state index contributed by atoms with van der Waals surface area (Å²) in [6.07, 6.45) is 0. The van der Waals surface area contributed by atoms with Crippen LogP contribution in [0, 0.1) is 13.8 Å². The van der Waals surface area contributed by atoms with Crippen molar-refractivity contribution >= 4 is 17.4 Å². The first-order valence-electron chi connectivity index (χ1n) is 5.47. The van der Waals surface area contributed by atoms with E-state index in [1.165, 1.54) is 0 Å². The molecule has 1 aromatic heterocycles. The Morgan fingerprint density at radius 3 is 2.61 bits per heavy atom. The van der Waals surface area contributed by atoms with Crippen LogP contribution < -0.4 is 10.5 Å². The molecular weight excluding hydrogens is 250 g/mol. The Hall–Kier alpha value is -1.81. The molecular formula is C13H14ClN3O. The van der Waals surface area contributed by atoms with Crippen molar-refractivity contribution in [3.8, 4) is 17.0 Å². The largest absolute Gasteiger partial charge is 0.496 e. The first kappa shape index (κ1) is 12.6. The first-order chi connectivity index (χ1) is 8.52. The summed E-state index contributed by atoms with van der Waals surface area (Å²) in [5.74, 6) is 1.80. The van der Waals surface area contributed by atoms with Crippen molar-refractivity contribution in [2.45, 2.75) is 13.8 Å². The van der Waals surface area contributed by atoms with Crippen LogP contribution in [-0.2, 0) is 0 Å². The Morgan fingerprint density at radius 1 is 1.22 bits per heavy atom. The van der Waals surface area contributed by atoms with Gasteiger partial charge in [-0.1, -0.05) is 11.6 Å². The van der Waals surface area contributed by atoms with Crippen LogP contribution in [0.1, 0.15) is 11.4 Å². The highest BCUT2D eigenvalue weighted by Gasteiger charge is 2.14. The zero-order valence-electron chi connectivity index (χ0n) is 10.5. The van der Waals surface area contributed by atoms with Gasteiger partial charge in [0, 0.05) is 16.1 Å². The third kappa shape index (κ3) is 2.24. The molecule has 0 spiro atoms. The van der Waals surface area contributed by atoms with E-state index in [1.807, 2.05) is 19.1 Å². The number of ether oxygens (including phenoxy) is 1. The van der Waals surface area contributed by atoms with Crippen LogP contribution in [0.4, 0.5) is 5.82 Å². The molecule has 2 rings (SSSR count). The molecule has 0 saturated carbocycles. The van der Waals surface area contributed by atoms with Crippen LogP contribution in [0.5, 0.6) is 5.75 Å². The fourth-order valence-electron chi connectivity index (χ4n) is 1.78. The number of aryl methyl sites for hydroxylation is 1. The highest BCUT2D eigenvalue weighted by Crippen LogP contribution is 2.34. The van der Waals surface area contributed by atoms with E-state index in [0.29, 0.717) is 22.4 Å². The molecule has 0 aliphatic rings. The molecule has 0 amide bonds. The van der Waals surface area contributed by atoms with Crippen molar-refractivity contribution in [1.29, 1.82) is 0 Å². The van der Waals surface area contributed by atoms with Crippen molar-refractivity contribution in [2.24, 2.45) is 0 Å². The number of hydrogen-bond donors (Lipinski definition) is 1. The highest BCUT2D eigenvalue weighted by molar-refractivity contribution is 6.31. The minimum atomic E-state index is 0.472. The van der Waals surface area contributed by atoms with Crippen molar-refractivity contribution in [3.63, 3.8) is 0 Å². The Kier molecular flexibility index (Phi) is 3.39. The molecule has 0 aliphatic carbocycles. The number of aromatic nitrogens is 2. The lowest BCUT2D eigenvalue weighted by Crippen LogP contribution is -2.03. The number of nitrogen functional groups attached to an aromatic ring is 1. The lowest BCUT2D eigenvalue weighted by molar-refractivity contribution is 0.416. The van der Waals surface area contributed by atoms with Crippen LogP contribution in [0.3, 0.4) is 0 Å². The Bertz CT molecular complexity index is 599. The average Bonchev–Trinajstić information content (AvgIpc) is 2.33. The second kappa shape index (κ2) is 4.82. The number of halogens is 1. The minimum absolute atomic E-state index is 0.472. The van der Waals surface area contributed by atoms with E-state index >= 15 is 0 Å². The topological polar surface area (TPSA) is 61.0 Å². The van der Waals surface area contributed by atoms with E-state index in [-0.39, 0.29) is 0 Å². The van der Waals surface area contributed by atoms with Gasteiger partial charge in [-0.3, -0.25) is 0 Å². The molecule has 2 aromatic rings. The SMILES string of the molecule is COc1ccc(Cl)cc1-c1nc(C)nc(N)c1C. The summed E-state index contributed by atoms with van der Waals surface area (Å²) >= 11 is 6.03. The van der Waals surface area contributed by atoms with Crippen LogP contribution in [0.15, 0.2) is 18.2 Å². The van der Waals surface area contributed by atoms with Crippen LogP contribution in [-0.4, -0.2) is 17.1 Å². The Morgan fingerprint density at radius 2 is 1.94 bits per heavy atom. The number of rotatable bonds is 2. The van der Waals surface area contributed by atoms with Crippen molar-refractivity contribution in [2.75, 3.05) is 12.8 Å². The van der Waals surface area contributed by atoms with E-state index in [9.17, 15) is 0 Å². The molecule has 0 atom stereocenters. The molecule has 0 bridgehead atoms. The lowest BCUT2D eigenvalue weighted by atomic mass is 10.1. The van der Waals surface area contributed by atoms with Gasteiger partial charge >= 0.3 is 0 Å². The van der Waals surface area contributed by atoms with Gasteiger partial charge in [0.1, 0.15) is 17.4 Å². The van der Waals surface area contributed by atoms with Crippen molar-refractivity contribution < 1.29 is 4.74 Å². The molecule has 0 saturated heterocycles. The summed E-state index contributed by atoms with van der Waals surface area (Å²) < 4.78 is 5.33. The van der Waals surface area contributed by atoms with Crippen molar-refractivity contribution in [1.82, 2.24) is 9.97 Å². The molecule has 94 valence electrons. The fraction of sp³-hybridized carbons (Fsp3) is 0.231. The molecule has 1 heterocycles. The lowest BCUT2D eigenvalue weighted by Gasteiger charge is -2.12. The van der Waals surface area contributed by atoms with Gasteiger partial charge in [-0.25, -0.2) is 9.97 Å². The van der Waals surface area contributed by atoms with Gasteiger partial charge in [0.15, 0.2) is 0 Å². The molecule has 0 fully saturated rings. The number of methoxy groups -OCH3 is 1.